The summed E-state index contributed by atoms with van der Waals surface area (Å²) in [5, 5.41) is 3.25. The minimum atomic E-state index is -0.484. The smallest absolute Gasteiger partial charge is 0.252 e. The lowest BCUT2D eigenvalue weighted by molar-refractivity contribution is 0.100. The van der Waals surface area contributed by atoms with Gasteiger partial charge in [-0.3, -0.25) is 4.79 Å². The second-order valence-electron chi connectivity index (χ2n) is 5.11. The Morgan fingerprint density at radius 2 is 1.70 bits per heavy atom. The molecule has 0 atom stereocenters. The van der Waals surface area contributed by atoms with Crippen LogP contribution in [0.5, 0.6) is 0 Å². The second kappa shape index (κ2) is 5.33. The summed E-state index contributed by atoms with van der Waals surface area (Å²) in [6.45, 7) is 8.00. The molecule has 0 aliphatic carbocycles. The normalized spacial score (nSPS) is 10.4. The minimum absolute atomic E-state index is 0.398. The van der Waals surface area contributed by atoms with E-state index in [-0.39, 0.29) is 0 Å². The van der Waals surface area contributed by atoms with Gasteiger partial charge in [-0.2, -0.15) is 0 Å². The molecule has 1 aromatic carbocycles. The number of nitrogens with two attached hydrogens (primary N) is 1. The predicted octanol–water partition coefficient (Wildman–Crippen LogP) is 3.16. The average Bonchev–Trinajstić information content (AvgIpc) is 2.33. The van der Waals surface area contributed by atoms with Crippen LogP contribution in [-0.4, -0.2) is 10.9 Å². The molecule has 1 amide bonds. The molecular formula is C16H19N3O. The van der Waals surface area contributed by atoms with Gasteiger partial charge in [-0.25, -0.2) is 4.98 Å². The molecule has 0 unspecified atom stereocenters. The van der Waals surface area contributed by atoms with E-state index in [9.17, 15) is 4.79 Å². The Morgan fingerprint density at radius 1 is 1.10 bits per heavy atom. The first-order valence-corrected chi connectivity index (χ1v) is 6.51. The molecule has 1 aromatic heterocycles. The lowest BCUT2D eigenvalue weighted by atomic mass is 10.0. The fraction of sp³-hybridized carbons (Fsp3) is 0.250. The van der Waals surface area contributed by atoms with Gasteiger partial charge in [-0.05, 0) is 51.0 Å². The molecule has 0 fully saturated rings. The highest BCUT2D eigenvalue weighted by atomic mass is 16.1. The van der Waals surface area contributed by atoms with Crippen molar-refractivity contribution < 1.29 is 4.79 Å². The molecule has 0 aliphatic rings. The van der Waals surface area contributed by atoms with Crippen molar-refractivity contribution in [3.8, 4) is 0 Å². The van der Waals surface area contributed by atoms with Crippen LogP contribution >= 0.6 is 0 Å². The Morgan fingerprint density at radius 3 is 2.25 bits per heavy atom. The van der Waals surface area contributed by atoms with E-state index in [0.29, 0.717) is 11.4 Å². The monoisotopic (exact) mass is 269 g/mol. The Balaban J connectivity index is 2.50. The van der Waals surface area contributed by atoms with Crippen LogP contribution < -0.4 is 11.1 Å². The Kier molecular flexibility index (Phi) is 3.74. The van der Waals surface area contributed by atoms with Gasteiger partial charge in [0.1, 0.15) is 5.82 Å². The number of rotatable bonds is 3. The highest BCUT2D eigenvalue weighted by molar-refractivity contribution is 5.98. The van der Waals surface area contributed by atoms with E-state index < -0.39 is 5.91 Å². The van der Waals surface area contributed by atoms with Gasteiger partial charge < -0.3 is 11.1 Å². The molecule has 2 aromatic rings. The highest BCUT2D eigenvalue weighted by Gasteiger charge is 2.12. The van der Waals surface area contributed by atoms with E-state index in [1.165, 1.54) is 5.56 Å². The van der Waals surface area contributed by atoms with Gasteiger partial charge in [0.15, 0.2) is 0 Å². The second-order valence-corrected chi connectivity index (χ2v) is 5.11. The third kappa shape index (κ3) is 2.79. The summed E-state index contributed by atoms with van der Waals surface area (Å²) < 4.78 is 0. The topological polar surface area (TPSA) is 68.0 Å². The minimum Gasteiger partial charge on any atom is -0.365 e. The SMILES string of the molecule is Cc1cc(C)c(Nc2nc(C)ccc2C(N)=O)c(C)c1. The summed E-state index contributed by atoms with van der Waals surface area (Å²) in [5.41, 5.74) is 11.0. The summed E-state index contributed by atoms with van der Waals surface area (Å²) in [5.74, 6) is 0.0231. The van der Waals surface area contributed by atoms with Crippen molar-refractivity contribution in [2.24, 2.45) is 5.73 Å². The number of hydrogen-bond donors (Lipinski definition) is 2. The number of hydrogen-bond acceptors (Lipinski definition) is 3. The summed E-state index contributed by atoms with van der Waals surface area (Å²) in [6, 6.07) is 7.66. The number of carbonyl (C=O) groups excluding carboxylic acids is 1. The molecule has 2 rings (SSSR count). The van der Waals surface area contributed by atoms with Crippen molar-refractivity contribution in [2.45, 2.75) is 27.7 Å². The summed E-state index contributed by atoms with van der Waals surface area (Å²) >= 11 is 0. The summed E-state index contributed by atoms with van der Waals surface area (Å²) in [6.07, 6.45) is 0. The Bertz CT molecular complexity index is 654. The van der Waals surface area contributed by atoms with Gasteiger partial charge in [-0.15, -0.1) is 0 Å². The van der Waals surface area contributed by atoms with E-state index in [4.69, 9.17) is 5.73 Å². The van der Waals surface area contributed by atoms with Crippen molar-refractivity contribution in [3.05, 3.63) is 52.2 Å². The highest BCUT2D eigenvalue weighted by Crippen LogP contribution is 2.26. The number of amides is 1. The third-order valence-electron chi connectivity index (χ3n) is 3.22. The number of carbonyl (C=O) groups is 1. The van der Waals surface area contributed by atoms with Gasteiger partial charge in [0, 0.05) is 11.4 Å². The molecule has 1 heterocycles. The number of anilines is 2. The van der Waals surface area contributed by atoms with E-state index in [1.54, 1.807) is 12.1 Å². The molecule has 0 bridgehead atoms. The zero-order valence-corrected chi connectivity index (χ0v) is 12.2. The Hall–Kier alpha value is -2.36. The van der Waals surface area contributed by atoms with Crippen LogP contribution in [0.3, 0.4) is 0 Å². The van der Waals surface area contributed by atoms with E-state index in [0.717, 1.165) is 22.5 Å². The molecule has 0 saturated heterocycles. The van der Waals surface area contributed by atoms with Crippen molar-refractivity contribution >= 4 is 17.4 Å². The van der Waals surface area contributed by atoms with Gasteiger partial charge in [-0.1, -0.05) is 17.7 Å². The first-order chi connectivity index (χ1) is 9.38. The number of nitrogens with zero attached hydrogens (tertiary/aromatic N) is 1. The zero-order valence-electron chi connectivity index (χ0n) is 12.2. The summed E-state index contributed by atoms with van der Waals surface area (Å²) in [7, 11) is 0. The first-order valence-electron chi connectivity index (χ1n) is 6.51. The summed E-state index contributed by atoms with van der Waals surface area (Å²) in [4.78, 5) is 15.9. The molecule has 3 N–H and O–H groups in total. The molecule has 0 radical (unpaired) electrons. The van der Waals surface area contributed by atoms with Crippen LogP contribution in [0.4, 0.5) is 11.5 Å². The quantitative estimate of drug-likeness (QED) is 0.899. The number of benzene rings is 1. The zero-order chi connectivity index (χ0) is 14.9. The third-order valence-corrected chi connectivity index (χ3v) is 3.22. The molecule has 20 heavy (non-hydrogen) atoms. The molecule has 0 spiro atoms. The molecule has 104 valence electrons. The Labute approximate surface area is 119 Å². The van der Waals surface area contributed by atoms with Crippen molar-refractivity contribution in [3.63, 3.8) is 0 Å². The molecule has 4 nitrogen and oxygen atoms in total. The number of nitrogens with one attached hydrogen (secondary N) is 1. The van der Waals surface area contributed by atoms with Crippen molar-refractivity contribution in [1.29, 1.82) is 0 Å². The van der Waals surface area contributed by atoms with Crippen LogP contribution in [0.1, 0.15) is 32.7 Å². The molecular weight excluding hydrogens is 250 g/mol. The van der Waals surface area contributed by atoms with Crippen LogP contribution in [0, 0.1) is 27.7 Å². The number of aromatic nitrogens is 1. The maximum atomic E-state index is 11.5. The standard InChI is InChI=1S/C16H19N3O/c1-9-7-10(2)14(11(3)8-9)19-16-13(15(17)20)6-5-12(4)18-16/h5-8H,1-4H3,(H2,17,20)(H,18,19). The number of pyridine rings is 1. The lowest BCUT2D eigenvalue weighted by Crippen LogP contribution is -2.15. The number of primary amides is 1. The van der Waals surface area contributed by atoms with Crippen LogP contribution in [-0.2, 0) is 0 Å². The van der Waals surface area contributed by atoms with E-state index in [2.05, 4.69) is 29.4 Å². The number of aryl methyl sites for hydroxylation is 4. The van der Waals surface area contributed by atoms with Crippen LogP contribution in [0.25, 0.3) is 0 Å². The average molecular weight is 269 g/mol. The van der Waals surface area contributed by atoms with Gasteiger partial charge in [0.05, 0.1) is 5.56 Å². The van der Waals surface area contributed by atoms with Gasteiger partial charge >= 0.3 is 0 Å². The molecule has 4 heteroatoms. The van der Waals surface area contributed by atoms with Crippen molar-refractivity contribution in [1.82, 2.24) is 4.98 Å². The fourth-order valence-corrected chi connectivity index (χ4v) is 2.35. The fourth-order valence-electron chi connectivity index (χ4n) is 2.35. The maximum absolute atomic E-state index is 11.5. The maximum Gasteiger partial charge on any atom is 0.252 e. The molecule has 0 aliphatic heterocycles. The molecule has 0 saturated carbocycles. The van der Waals surface area contributed by atoms with Crippen LogP contribution in [0.15, 0.2) is 24.3 Å². The van der Waals surface area contributed by atoms with Crippen LogP contribution in [0.2, 0.25) is 0 Å². The van der Waals surface area contributed by atoms with E-state index in [1.807, 2.05) is 20.8 Å². The van der Waals surface area contributed by atoms with E-state index >= 15 is 0 Å². The van der Waals surface area contributed by atoms with Gasteiger partial charge in [0.25, 0.3) is 5.91 Å². The van der Waals surface area contributed by atoms with Crippen molar-refractivity contribution in [2.75, 3.05) is 5.32 Å². The predicted molar refractivity (Wildman–Crippen MR) is 81.4 cm³/mol. The largest absolute Gasteiger partial charge is 0.365 e. The van der Waals surface area contributed by atoms with Gasteiger partial charge in [0.2, 0.25) is 0 Å². The first kappa shape index (κ1) is 14.1. The lowest BCUT2D eigenvalue weighted by Gasteiger charge is -2.15.